The van der Waals surface area contributed by atoms with Crippen LogP contribution < -0.4 is 5.32 Å². The van der Waals surface area contributed by atoms with E-state index in [1.54, 1.807) is 18.3 Å². The number of nitrogens with zero attached hydrogens (tertiary/aromatic N) is 3. The Morgan fingerprint density at radius 3 is 2.83 bits per heavy atom. The van der Waals surface area contributed by atoms with E-state index in [2.05, 4.69) is 20.8 Å². The molecule has 2 amide bonds. The summed E-state index contributed by atoms with van der Waals surface area (Å²) in [5, 5.41) is 4.85. The fourth-order valence-electron chi connectivity index (χ4n) is 4.07. The third kappa shape index (κ3) is 3.68. The number of hydrogen-bond acceptors (Lipinski definition) is 6. The van der Waals surface area contributed by atoms with Gasteiger partial charge in [-0.05, 0) is 66.2 Å². The normalized spacial score (nSPS) is 20.1. The number of aromatic nitrogens is 2. The van der Waals surface area contributed by atoms with Gasteiger partial charge in [-0.1, -0.05) is 5.57 Å². The number of nitrogens with one attached hydrogen (secondary N) is 1. The summed E-state index contributed by atoms with van der Waals surface area (Å²) in [5.41, 5.74) is 3.73. The van der Waals surface area contributed by atoms with Crippen LogP contribution in [0.25, 0.3) is 12.2 Å². The molecule has 0 saturated carbocycles. The van der Waals surface area contributed by atoms with E-state index in [0.717, 1.165) is 42.8 Å². The highest BCUT2D eigenvalue weighted by atomic mass is 32.1. The number of anilines is 1. The van der Waals surface area contributed by atoms with Crippen molar-refractivity contribution in [1.29, 1.82) is 0 Å². The van der Waals surface area contributed by atoms with Crippen molar-refractivity contribution in [3.8, 4) is 0 Å². The van der Waals surface area contributed by atoms with Crippen molar-refractivity contribution in [2.45, 2.75) is 19.3 Å². The SMILES string of the molecule is O=C(/C=C/c1cnc2c(c1)CC1(COC1)C(=O)N2)N1CCC(=Cc2ccsn2)CC1. The molecule has 0 unspecified atom stereocenters. The second kappa shape index (κ2) is 7.77. The molecule has 3 aliphatic rings. The smallest absolute Gasteiger partial charge is 0.246 e. The summed E-state index contributed by atoms with van der Waals surface area (Å²) in [6, 6.07) is 4.01. The van der Waals surface area contributed by atoms with Gasteiger partial charge in [-0.15, -0.1) is 0 Å². The third-order valence-corrected chi connectivity index (χ3v) is 6.51. The molecule has 2 saturated heterocycles. The lowest BCUT2D eigenvalue weighted by atomic mass is 9.76. The fourth-order valence-corrected chi connectivity index (χ4v) is 4.57. The lowest BCUT2D eigenvalue weighted by Gasteiger charge is -2.42. The van der Waals surface area contributed by atoms with Gasteiger partial charge in [-0.25, -0.2) is 4.98 Å². The quantitative estimate of drug-likeness (QED) is 0.769. The molecular weight excluding hydrogens is 400 g/mol. The van der Waals surface area contributed by atoms with Gasteiger partial charge in [0.2, 0.25) is 11.8 Å². The molecular formula is C22H22N4O3S. The first-order chi connectivity index (χ1) is 14.6. The molecule has 0 aliphatic carbocycles. The molecule has 3 aliphatic heterocycles. The molecule has 30 heavy (non-hydrogen) atoms. The van der Waals surface area contributed by atoms with E-state index in [0.29, 0.717) is 25.5 Å². The Morgan fingerprint density at radius 2 is 2.13 bits per heavy atom. The molecule has 7 nitrogen and oxygen atoms in total. The number of ether oxygens (including phenoxy) is 1. The van der Waals surface area contributed by atoms with Gasteiger partial charge < -0.3 is 15.0 Å². The molecule has 1 N–H and O–H groups in total. The molecule has 5 rings (SSSR count). The zero-order valence-corrected chi connectivity index (χ0v) is 17.3. The van der Waals surface area contributed by atoms with E-state index in [-0.39, 0.29) is 11.8 Å². The molecule has 2 aromatic heterocycles. The minimum absolute atomic E-state index is 0.0117. The summed E-state index contributed by atoms with van der Waals surface area (Å²) in [7, 11) is 0. The van der Waals surface area contributed by atoms with Crippen molar-refractivity contribution in [1.82, 2.24) is 14.3 Å². The Balaban J connectivity index is 1.21. The number of likely N-dealkylation sites (tertiary alicyclic amines) is 1. The van der Waals surface area contributed by atoms with Gasteiger partial charge in [0.15, 0.2) is 0 Å². The van der Waals surface area contributed by atoms with Gasteiger partial charge >= 0.3 is 0 Å². The van der Waals surface area contributed by atoms with E-state index < -0.39 is 5.41 Å². The number of amides is 2. The lowest BCUT2D eigenvalue weighted by Crippen LogP contribution is -2.55. The van der Waals surface area contributed by atoms with E-state index in [1.807, 2.05) is 22.4 Å². The third-order valence-electron chi connectivity index (χ3n) is 5.93. The van der Waals surface area contributed by atoms with Crippen LogP contribution in [-0.4, -0.2) is 52.4 Å². The van der Waals surface area contributed by atoms with Crippen molar-refractivity contribution in [3.63, 3.8) is 0 Å². The second-order valence-corrected chi connectivity index (χ2v) is 8.73. The summed E-state index contributed by atoms with van der Waals surface area (Å²) in [6.07, 6.45) is 9.60. The second-order valence-electron chi connectivity index (χ2n) is 8.07. The average Bonchev–Trinajstić information content (AvgIpc) is 3.24. The van der Waals surface area contributed by atoms with Crippen LogP contribution in [0.4, 0.5) is 5.82 Å². The summed E-state index contributed by atoms with van der Waals surface area (Å²) in [5.74, 6) is 0.606. The van der Waals surface area contributed by atoms with Crippen LogP contribution in [0.5, 0.6) is 0 Å². The summed E-state index contributed by atoms with van der Waals surface area (Å²) in [6.45, 7) is 2.33. The predicted molar refractivity (Wildman–Crippen MR) is 115 cm³/mol. The Morgan fingerprint density at radius 1 is 1.30 bits per heavy atom. The standard InChI is InChI=1S/C22H22N4O3S/c27-19(26-6-3-15(4-7-26)10-18-5-8-30-25-18)2-1-16-9-17-11-22(13-29-14-22)21(28)24-20(17)23-12-16/h1-2,5,8-10,12H,3-4,6-7,11,13-14H2,(H,23,24,28)/b2-1+. The summed E-state index contributed by atoms with van der Waals surface area (Å²) in [4.78, 5) is 31.1. The van der Waals surface area contributed by atoms with Gasteiger partial charge in [0, 0.05) is 30.7 Å². The maximum atomic E-state index is 12.6. The largest absolute Gasteiger partial charge is 0.379 e. The molecule has 154 valence electrons. The molecule has 8 heteroatoms. The maximum absolute atomic E-state index is 12.6. The molecule has 0 aromatic carbocycles. The van der Waals surface area contributed by atoms with E-state index in [4.69, 9.17) is 4.74 Å². The minimum atomic E-state index is -0.454. The Kier molecular flexibility index (Phi) is 4.96. The van der Waals surface area contributed by atoms with Crippen molar-refractivity contribution >= 4 is 41.3 Å². The van der Waals surface area contributed by atoms with Crippen LogP contribution >= 0.6 is 11.5 Å². The number of carbonyl (C=O) groups is 2. The Hall–Kier alpha value is -2.84. The molecule has 2 aromatic rings. The first-order valence-electron chi connectivity index (χ1n) is 10.1. The van der Waals surface area contributed by atoms with Crippen molar-refractivity contribution in [3.05, 3.63) is 52.2 Å². The Bertz CT molecular complexity index is 1030. The highest BCUT2D eigenvalue weighted by molar-refractivity contribution is 7.03. The van der Waals surface area contributed by atoms with Crippen LogP contribution in [0.15, 0.2) is 35.4 Å². The summed E-state index contributed by atoms with van der Waals surface area (Å²) >= 11 is 1.45. The predicted octanol–water partition coefficient (Wildman–Crippen LogP) is 2.77. The molecule has 2 fully saturated rings. The number of hydrogen-bond donors (Lipinski definition) is 1. The monoisotopic (exact) mass is 422 g/mol. The van der Waals surface area contributed by atoms with E-state index >= 15 is 0 Å². The minimum Gasteiger partial charge on any atom is -0.379 e. The van der Waals surface area contributed by atoms with E-state index in [9.17, 15) is 9.59 Å². The molecule has 5 heterocycles. The maximum Gasteiger partial charge on any atom is 0.246 e. The van der Waals surface area contributed by atoms with Gasteiger partial charge in [-0.2, -0.15) is 4.37 Å². The highest BCUT2D eigenvalue weighted by Crippen LogP contribution is 2.38. The number of pyridine rings is 1. The fraction of sp³-hybridized carbons (Fsp3) is 0.364. The van der Waals surface area contributed by atoms with Crippen LogP contribution in [-0.2, 0) is 20.7 Å². The molecule has 0 bridgehead atoms. The van der Waals surface area contributed by atoms with Gasteiger partial charge in [0.1, 0.15) is 11.2 Å². The zero-order chi connectivity index (χ0) is 20.6. The number of carbonyl (C=O) groups excluding carboxylic acids is 2. The highest BCUT2D eigenvalue weighted by Gasteiger charge is 2.49. The zero-order valence-electron chi connectivity index (χ0n) is 16.5. The molecule has 0 atom stereocenters. The van der Waals surface area contributed by atoms with Crippen molar-refractivity contribution < 1.29 is 14.3 Å². The van der Waals surface area contributed by atoms with Gasteiger partial charge in [-0.3, -0.25) is 9.59 Å². The number of rotatable bonds is 3. The van der Waals surface area contributed by atoms with Crippen molar-refractivity contribution in [2.75, 3.05) is 31.6 Å². The van der Waals surface area contributed by atoms with Crippen LogP contribution in [0, 0.1) is 5.41 Å². The summed E-state index contributed by atoms with van der Waals surface area (Å²) < 4.78 is 9.58. The molecule has 0 radical (unpaired) electrons. The first-order valence-corrected chi connectivity index (χ1v) is 10.9. The van der Waals surface area contributed by atoms with Crippen molar-refractivity contribution in [2.24, 2.45) is 5.41 Å². The van der Waals surface area contributed by atoms with Gasteiger partial charge in [0.25, 0.3) is 0 Å². The number of piperidine rings is 1. The van der Waals surface area contributed by atoms with Gasteiger partial charge in [0.05, 0.1) is 18.9 Å². The number of fused-ring (bicyclic) bond motifs is 1. The topological polar surface area (TPSA) is 84.4 Å². The van der Waals surface area contributed by atoms with E-state index in [1.165, 1.54) is 17.1 Å². The Labute approximate surface area is 178 Å². The van der Waals surface area contributed by atoms with Crippen LogP contribution in [0.2, 0.25) is 0 Å². The first kappa shape index (κ1) is 19.1. The lowest BCUT2D eigenvalue weighted by molar-refractivity contribution is -0.156. The average molecular weight is 423 g/mol. The van der Waals surface area contributed by atoms with Crippen LogP contribution in [0.3, 0.4) is 0 Å². The molecule has 1 spiro atoms. The van der Waals surface area contributed by atoms with Crippen LogP contribution in [0.1, 0.15) is 29.7 Å².